The number of hydrogen-bond donors (Lipinski definition) is 0. The summed E-state index contributed by atoms with van der Waals surface area (Å²) in [5.41, 5.74) is 1.82. The molecule has 1 aromatic heterocycles. The molecule has 2 aromatic rings. The van der Waals surface area contributed by atoms with E-state index in [2.05, 4.69) is 14.9 Å². The van der Waals surface area contributed by atoms with Gasteiger partial charge in [-0.25, -0.2) is 4.98 Å². The van der Waals surface area contributed by atoms with Crippen molar-refractivity contribution in [2.24, 2.45) is 0 Å². The topological polar surface area (TPSA) is 38.2 Å². The van der Waals surface area contributed by atoms with Crippen LogP contribution in [0.25, 0.3) is 0 Å². The second kappa shape index (κ2) is 5.45. The van der Waals surface area contributed by atoms with Gasteiger partial charge in [0.2, 0.25) is 0 Å². The smallest absolute Gasteiger partial charge is 0.151 e. The van der Waals surface area contributed by atoms with Crippen LogP contribution in [0.15, 0.2) is 36.7 Å². The van der Waals surface area contributed by atoms with Gasteiger partial charge in [0, 0.05) is 6.54 Å². The number of fused-ring (bicyclic) bond motifs is 1. The van der Waals surface area contributed by atoms with Crippen molar-refractivity contribution >= 4 is 23.1 Å². The van der Waals surface area contributed by atoms with E-state index in [1.807, 2.05) is 24.3 Å². The average Bonchev–Trinajstić information content (AvgIpc) is 2.70. The molecule has 19 heavy (non-hydrogen) atoms. The Morgan fingerprint density at radius 2 is 2.11 bits per heavy atom. The van der Waals surface area contributed by atoms with Crippen LogP contribution in [0.4, 0.5) is 11.5 Å². The molecule has 0 saturated carbocycles. The number of anilines is 2. The lowest BCUT2D eigenvalue weighted by Gasteiger charge is -2.22. The van der Waals surface area contributed by atoms with Gasteiger partial charge in [0.05, 0.1) is 36.3 Å². The van der Waals surface area contributed by atoms with E-state index in [4.69, 9.17) is 16.3 Å². The van der Waals surface area contributed by atoms with Gasteiger partial charge in [-0.3, -0.25) is 4.98 Å². The number of aromatic nitrogens is 2. The fourth-order valence-corrected chi connectivity index (χ4v) is 2.26. The van der Waals surface area contributed by atoms with Gasteiger partial charge in [-0.2, -0.15) is 0 Å². The summed E-state index contributed by atoms with van der Waals surface area (Å²) in [6, 6.07) is 8.00. The normalized spacial score (nSPS) is 14.5. The SMILES string of the molecule is ClCc1cnc(N2CCCOc3ccccc32)cn1. The third-order valence-electron chi connectivity index (χ3n) is 3.04. The van der Waals surface area contributed by atoms with Crippen molar-refractivity contribution in [3.63, 3.8) is 0 Å². The predicted molar refractivity (Wildman–Crippen MR) is 75.1 cm³/mol. The molecule has 1 aliphatic heterocycles. The van der Waals surface area contributed by atoms with Crippen LogP contribution in [0.1, 0.15) is 12.1 Å². The van der Waals surface area contributed by atoms with E-state index < -0.39 is 0 Å². The summed E-state index contributed by atoms with van der Waals surface area (Å²) in [5, 5.41) is 0. The van der Waals surface area contributed by atoms with E-state index in [9.17, 15) is 0 Å². The molecule has 0 amide bonds. The Labute approximate surface area is 117 Å². The maximum Gasteiger partial charge on any atom is 0.151 e. The molecule has 0 N–H and O–H groups in total. The van der Waals surface area contributed by atoms with Crippen LogP contribution in [-0.2, 0) is 5.88 Å². The van der Waals surface area contributed by atoms with Crippen LogP contribution < -0.4 is 9.64 Å². The fraction of sp³-hybridized carbons (Fsp3) is 0.286. The Balaban J connectivity index is 1.99. The molecule has 4 nitrogen and oxygen atoms in total. The minimum absolute atomic E-state index is 0.382. The molecular formula is C14H14ClN3O. The lowest BCUT2D eigenvalue weighted by molar-refractivity contribution is 0.322. The molecule has 0 fully saturated rings. The van der Waals surface area contributed by atoms with Gasteiger partial charge >= 0.3 is 0 Å². The van der Waals surface area contributed by atoms with E-state index in [1.165, 1.54) is 0 Å². The molecule has 0 aliphatic carbocycles. The van der Waals surface area contributed by atoms with Gasteiger partial charge < -0.3 is 9.64 Å². The van der Waals surface area contributed by atoms with Gasteiger partial charge in [-0.05, 0) is 18.6 Å². The summed E-state index contributed by atoms with van der Waals surface area (Å²) < 4.78 is 5.73. The van der Waals surface area contributed by atoms with E-state index in [-0.39, 0.29) is 0 Å². The number of halogens is 1. The van der Waals surface area contributed by atoms with Crippen molar-refractivity contribution in [1.82, 2.24) is 9.97 Å². The largest absolute Gasteiger partial charge is 0.491 e. The summed E-state index contributed by atoms with van der Waals surface area (Å²) in [4.78, 5) is 10.9. The lowest BCUT2D eigenvalue weighted by atomic mass is 10.2. The Morgan fingerprint density at radius 3 is 2.89 bits per heavy atom. The first-order chi connectivity index (χ1) is 9.38. The third kappa shape index (κ3) is 2.49. The zero-order valence-corrected chi connectivity index (χ0v) is 11.2. The summed E-state index contributed by atoms with van der Waals surface area (Å²) in [5.74, 6) is 2.10. The monoisotopic (exact) mass is 275 g/mol. The highest BCUT2D eigenvalue weighted by atomic mass is 35.5. The first-order valence-corrected chi connectivity index (χ1v) is 6.78. The van der Waals surface area contributed by atoms with Gasteiger partial charge in [0.25, 0.3) is 0 Å². The number of rotatable bonds is 2. The van der Waals surface area contributed by atoms with E-state index in [0.717, 1.165) is 42.5 Å². The molecule has 0 radical (unpaired) electrons. The molecule has 5 heteroatoms. The maximum absolute atomic E-state index is 5.74. The molecule has 3 rings (SSSR count). The Kier molecular flexibility index (Phi) is 3.51. The van der Waals surface area contributed by atoms with Crippen LogP contribution >= 0.6 is 11.6 Å². The summed E-state index contributed by atoms with van der Waals surface area (Å²) >= 11 is 5.74. The van der Waals surface area contributed by atoms with Crippen LogP contribution in [0.3, 0.4) is 0 Å². The van der Waals surface area contributed by atoms with Crippen LogP contribution in [0.5, 0.6) is 5.75 Å². The average molecular weight is 276 g/mol. The number of para-hydroxylation sites is 2. The zero-order valence-electron chi connectivity index (χ0n) is 10.4. The van der Waals surface area contributed by atoms with Gasteiger partial charge in [0.15, 0.2) is 5.82 Å². The van der Waals surface area contributed by atoms with E-state index in [0.29, 0.717) is 5.88 Å². The molecule has 0 atom stereocenters. The first kappa shape index (κ1) is 12.2. The molecule has 1 aliphatic rings. The minimum atomic E-state index is 0.382. The van der Waals surface area contributed by atoms with Gasteiger partial charge in [-0.1, -0.05) is 12.1 Å². The summed E-state index contributed by atoms with van der Waals surface area (Å²) in [6.07, 6.45) is 4.43. The standard InChI is InChI=1S/C14H14ClN3O/c15-8-11-9-17-14(10-16-11)18-6-3-7-19-13-5-2-1-4-12(13)18/h1-2,4-5,9-10H,3,6-8H2. The van der Waals surface area contributed by atoms with Crippen molar-refractivity contribution in [1.29, 1.82) is 0 Å². The van der Waals surface area contributed by atoms with Crippen LogP contribution in [-0.4, -0.2) is 23.1 Å². The molecule has 1 aromatic carbocycles. The number of alkyl halides is 1. The zero-order chi connectivity index (χ0) is 13.1. The number of nitrogens with zero attached hydrogens (tertiary/aromatic N) is 3. The Hall–Kier alpha value is -1.81. The van der Waals surface area contributed by atoms with Gasteiger partial charge in [-0.15, -0.1) is 11.6 Å². The molecule has 0 saturated heterocycles. The molecular weight excluding hydrogens is 262 g/mol. The Bertz CT molecular complexity index is 559. The second-order valence-corrected chi connectivity index (χ2v) is 4.59. The number of benzene rings is 1. The van der Waals surface area contributed by atoms with Crippen LogP contribution in [0.2, 0.25) is 0 Å². The molecule has 98 valence electrons. The first-order valence-electron chi connectivity index (χ1n) is 6.25. The van der Waals surface area contributed by atoms with Crippen molar-refractivity contribution in [3.8, 4) is 5.75 Å². The Morgan fingerprint density at radius 1 is 1.21 bits per heavy atom. The summed E-state index contributed by atoms with van der Waals surface area (Å²) in [7, 11) is 0. The lowest BCUT2D eigenvalue weighted by Crippen LogP contribution is -2.19. The highest BCUT2D eigenvalue weighted by Crippen LogP contribution is 2.34. The highest BCUT2D eigenvalue weighted by Gasteiger charge is 2.18. The third-order valence-corrected chi connectivity index (χ3v) is 3.32. The van der Waals surface area contributed by atoms with Crippen molar-refractivity contribution in [3.05, 3.63) is 42.4 Å². The fourth-order valence-electron chi connectivity index (χ4n) is 2.12. The highest BCUT2D eigenvalue weighted by molar-refractivity contribution is 6.16. The number of ether oxygens (including phenoxy) is 1. The minimum Gasteiger partial charge on any atom is -0.491 e. The molecule has 0 unspecified atom stereocenters. The van der Waals surface area contributed by atoms with E-state index in [1.54, 1.807) is 12.4 Å². The predicted octanol–water partition coefficient (Wildman–Crippen LogP) is 3.14. The van der Waals surface area contributed by atoms with E-state index >= 15 is 0 Å². The van der Waals surface area contributed by atoms with Crippen molar-refractivity contribution in [2.75, 3.05) is 18.1 Å². The second-order valence-electron chi connectivity index (χ2n) is 4.32. The number of hydrogen-bond acceptors (Lipinski definition) is 4. The maximum atomic E-state index is 5.74. The molecule has 2 heterocycles. The molecule has 0 bridgehead atoms. The molecule has 0 spiro atoms. The van der Waals surface area contributed by atoms with Crippen LogP contribution in [0, 0.1) is 0 Å². The van der Waals surface area contributed by atoms with Crippen molar-refractivity contribution < 1.29 is 4.74 Å². The summed E-state index contributed by atoms with van der Waals surface area (Å²) in [6.45, 7) is 1.59. The quantitative estimate of drug-likeness (QED) is 0.789. The van der Waals surface area contributed by atoms with Crippen molar-refractivity contribution in [2.45, 2.75) is 12.3 Å². The van der Waals surface area contributed by atoms with Gasteiger partial charge in [0.1, 0.15) is 5.75 Å².